The van der Waals surface area contributed by atoms with E-state index in [1.165, 1.54) is 0 Å². The van der Waals surface area contributed by atoms with E-state index in [1.54, 1.807) is 17.0 Å². The summed E-state index contributed by atoms with van der Waals surface area (Å²) < 4.78 is 13.3. The number of anilines is 1. The van der Waals surface area contributed by atoms with Crippen molar-refractivity contribution in [3.8, 4) is 11.5 Å². The molecule has 1 aliphatic heterocycles. The zero-order valence-corrected chi connectivity index (χ0v) is 20.8. The Kier molecular flexibility index (Phi) is 7.11. The summed E-state index contributed by atoms with van der Waals surface area (Å²) in [6.07, 6.45) is -0.445. The van der Waals surface area contributed by atoms with Gasteiger partial charge in [-0.3, -0.25) is 4.79 Å². The lowest BCUT2D eigenvalue weighted by atomic mass is 10.1. The van der Waals surface area contributed by atoms with E-state index in [0.29, 0.717) is 30.3 Å². The lowest BCUT2D eigenvalue weighted by Crippen LogP contribution is -2.26. The van der Waals surface area contributed by atoms with Gasteiger partial charge in [0, 0.05) is 24.6 Å². The summed E-state index contributed by atoms with van der Waals surface area (Å²) in [4.78, 5) is 19.6. The van der Waals surface area contributed by atoms with Crippen LogP contribution in [-0.2, 0) is 11.3 Å². The normalized spacial score (nSPS) is 16.5. The molecule has 2 unspecified atom stereocenters. The Morgan fingerprint density at radius 3 is 2.58 bits per heavy atom. The smallest absolute Gasteiger partial charge is 0.227 e. The molecule has 7 nitrogen and oxygen atoms in total. The Hall–Kier alpha value is -3.55. The summed E-state index contributed by atoms with van der Waals surface area (Å²) in [5, 5.41) is 11.3. The van der Waals surface area contributed by atoms with Gasteiger partial charge in [-0.1, -0.05) is 35.9 Å². The van der Waals surface area contributed by atoms with Crippen LogP contribution < -0.4 is 14.4 Å². The van der Waals surface area contributed by atoms with Crippen LogP contribution in [0, 0.1) is 0 Å². The number of aliphatic hydroxyl groups excluding tert-OH is 1. The highest BCUT2D eigenvalue weighted by atomic mass is 35.5. The van der Waals surface area contributed by atoms with Crippen molar-refractivity contribution in [3.05, 3.63) is 83.6 Å². The van der Waals surface area contributed by atoms with Crippen LogP contribution in [0.5, 0.6) is 11.5 Å². The number of hydrogen-bond donors (Lipinski definition) is 1. The summed E-state index contributed by atoms with van der Waals surface area (Å²) in [7, 11) is 0. The molecule has 1 saturated heterocycles. The fourth-order valence-electron chi connectivity index (χ4n) is 4.63. The molecule has 36 heavy (non-hydrogen) atoms. The number of aromatic nitrogens is 2. The lowest BCUT2D eigenvalue weighted by molar-refractivity contribution is -0.117. The maximum absolute atomic E-state index is 13.0. The van der Waals surface area contributed by atoms with Gasteiger partial charge in [-0.05, 0) is 55.5 Å². The monoisotopic (exact) mass is 505 g/mol. The maximum Gasteiger partial charge on any atom is 0.227 e. The predicted molar refractivity (Wildman–Crippen MR) is 140 cm³/mol. The third kappa shape index (κ3) is 5.03. The van der Waals surface area contributed by atoms with Gasteiger partial charge in [-0.25, -0.2) is 4.98 Å². The standard InChI is InChI=1S/C28H28ClN3O4/c1-2-35-22-13-11-20(12-14-22)31-16-19(15-27(31)34)28-30-24-8-4-5-9-25(24)32(28)17-21(33)18-36-26-10-6-3-7-23(26)29/h3-14,19,21,33H,2,15-18H2,1H3. The molecular weight excluding hydrogens is 478 g/mol. The highest BCUT2D eigenvalue weighted by molar-refractivity contribution is 6.32. The van der Waals surface area contributed by atoms with Crippen LogP contribution in [-0.4, -0.2) is 46.4 Å². The third-order valence-electron chi connectivity index (χ3n) is 6.29. The zero-order valence-electron chi connectivity index (χ0n) is 20.0. The van der Waals surface area contributed by atoms with Gasteiger partial charge in [0.2, 0.25) is 5.91 Å². The second-order valence-corrected chi connectivity index (χ2v) is 9.20. The largest absolute Gasteiger partial charge is 0.494 e. The molecule has 1 amide bonds. The zero-order chi connectivity index (χ0) is 25.1. The number of carbonyl (C=O) groups excluding carboxylic acids is 1. The van der Waals surface area contributed by atoms with Crippen LogP contribution in [0.2, 0.25) is 5.02 Å². The topological polar surface area (TPSA) is 76.8 Å². The Bertz CT molecular complexity index is 1350. The summed E-state index contributed by atoms with van der Waals surface area (Å²) in [6.45, 7) is 3.41. The average Bonchev–Trinajstić information content (AvgIpc) is 3.45. The molecule has 3 aromatic carbocycles. The first-order chi connectivity index (χ1) is 17.5. The minimum Gasteiger partial charge on any atom is -0.494 e. The molecule has 0 bridgehead atoms. The van der Waals surface area contributed by atoms with E-state index in [0.717, 1.165) is 28.3 Å². The van der Waals surface area contributed by atoms with Crippen molar-refractivity contribution < 1.29 is 19.4 Å². The van der Waals surface area contributed by atoms with Gasteiger partial charge in [0.1, 0.15) is 30.0 Å². The van der Waals surface area contributed by atoms with Gasteiger partial charge in [0.15, 0.2) is 0 Å². The van der Waals surface area contributed by atoms with Gasteiger partial charge in [0.05, 0.1) is 29.2 Å². The molecule has 1 fully saturated rings. The molecule has 2 atom stereocenters. The van der Waals surface area contributed by atoms with Crippen LogP contribution in [0.15, 0.2) is 72.8 Å². The highest BCUT2D eigenvalue weighted by Crippen LogP contribution is 2.34. The fourth-order valence-corrected chi connectivity index (χ4v) is 4.82. The van der Waals surface area contributed by atoms with E-state index in [1.807, 2.05) is 72.2 Å². The van der Waals surface area contributed by atoms with E-state index in [2.05, 4.69) is 0 Å². The molecule has 0 spiro atoms. The Morgan fingerprint density at radius 1 is 1.06 bits per heavy atom. The van der Waals surface area contributed by atoms with Crippen LogP contribution in [0.4, 0.5) is 5.69 Å². The number of fused-ring (bicyclic) bond motifs is 1. The molecule has 186 valence electrons. The molecule has 4 aromatic rings. The van der Waals surface area contributed by atoms with E-state index < -0.39 is 6.10 Å². The molecule has 0 saturated carbocycles. The van der Waals surface area contributed by atoms with Gasteiger partial charge in [-0.15, -0.1) is 0 Å². The Morgan fingerprint density at radius 2 is 1.81 bits per heavy atom. The van der Waals surface area contributed by atoms with Crippen molar-refractivity contribution in [2.45, 2.75) is 31.9 Å². The second kappa shape index (κ2) is 10.6. The fraction of sp³-hybridized carbons (Fsp3) is 0.286. The predicted octanol–water partition coefficient (Wildman–Crippen LogP) is 5.05. The number of ether oxygens (including phenoxy) is 2. The molecule has 1 N–H and O–H groups in total. The maximum atomic E-state index is 13.0. The van der Waals surface area contributed by atoms with Crippen LogP contribution in [0.25, 0.3) is 11.0 Å². The summed E-state index contributed by atoms with van der Waals surface area (Å²) >= 11 is 6.18. The molecular formula is C28H28ClN3O4. The van der Waals surface area contributed by atoms with Crippen molar-refractivity contribution in [2.24, 2.45) is 0 Å². The van der Waals surface area contributed by atoms with Crippen LogP contribution in [0.3, 0.4) is 0 Å². The first kappa shape index (κ1) is 24.2. The number of imidazole rings is 1. The summed E-state index contributed by atoms with van der Waals surface area (Å²) in [6, 6.07) is 22.6. The quantitative estimate of drug-likeness (QED) is 0.344. The van der Waals surface area contributed by atoms with E-state index in [-0.39, 0.29) is 25.0 Å². The number of benzene rings is 3. The van der Waals surface area contributed by atoms with E-state index >= 15 is 0 Å². The number of para-hydroxylation sites is 3. The SMILES string of the molecule is CCOc1ccc(N2CC(c3nc4ccccc4n3CC(O)COc3ccccc3Cl)CC2=O)cc1. The number of nitrogens with zero attached hydrogens (tertiary/aromatic N) is 3. The van der Waals surface area contributed by atoms with Crippen molar-refractivity contribution in [1.29, 1.82) is 0 Å². The number of aliphatic hydroxyl groups is 1. The van der Waals surface area contributed by atoms with Gasteiger partial charge < -0.3 is 24.0 Å². The molecule has 0 radical (unpaired) electrons. The van der Waals surface area contributed by atoms with Crippen LogP contribution in [0.1, 0.15) is 25.1 Å². The lowest BCUT2D eigenvalue weighted by Gasteiger charge is -2.19. The summed E-state index contributed by atoms with van der Waals surface area (Å²) in [5.74, 6) is 2.04. The third-order valence-corrected chi connectivity index (χ3v) is 6.61. The van der Waals surface area contributed by atoms with E-state index in [9.17, 15) is 9.90 Å². The number of halogens is 1. The van der Waals surface area contributed by atoms with Crippen molar-refractivity contribution in [2.75, 3.05) is 24.7 Å². The molecule has 8 heteroatoms. The number of amides is 1. The molecule has 5 rings (SSSR count). The van der Waals surface area contributed by atoms with Crippen molar-refractivity contribution in [1.82, 2.24) is 9.55 Å². The number of carbonyl (C=O) groups is 1. The number of hydrogen-bond acceptors (Lipinski definition) is 5. The van der Waals surface area contributed by atoms with Gasteiger partial charge in [-0.2, -0.15) is 0 Å². The van der Waals surface area contributed by atoms with Gasteiger partial charge in [0.25, 0.3) is 0 Å². The average molecular weight is 506 g/mol. The first-order valence-electron chi connectivity index (χ1n) is 12.1. The molecule has 2 heterocycles. The van der Waals surface area contributed by atoms with E-state index in [4.69, 9.17) is 26.1 Å². The first-order valence-corrected chi connectivity index (χ1v) is 12.4. The molecule has 0 aliphatic carbocycles. The highest BCUT2D eigenvalue weighted by Gasteiger charge is 2.35. The van der Waals surface area contributed by atoms with Crippen molar-refractivity contribution in [3.63, 3.8) is 0 Å². The molecule has 1 aromatic heterocycles. The minimum atomic E-state index is -0.794. The van der Waals surface area contributed by atoms with Crippen LogP contribution >= 0.6 is 11.6 Å². The van der Waals surface area contributed by atoms with Gasteiger partial charge >= 0.3 is 0 Å². The second-order valence-electron chi connectivity index (χ2n) is 8.80. The molecule has 1 aliphatic rings. The number of rotatable bonds is 9. The Balaban J connectivity index is 1.36. The van der Waals surface area contributed by atoms with Crippen molar-refractivity contribution >= 4 is 34.2 Å². The minimum absolute atomic E-state index is 0.0466. The Labute approximate surface area is 214 Å². The summed E-state index contributed by atoms with van der Waals surface area (Å²) in [5.41, 5.74) is 2.58.